The van der Waals surface area contributed by atoms with Crippen LogP contribution in [-0.4, -0.2) is 55.5 Å². The molecule has 0 aromatic carbocycles. The first-order chi connectivity index (χ1) is 9.60. The highest BCUT2D eigenvalue weighted by molar-refractivity contribution is 7.10. The van der Waals surface area contributed by atoms with Gasteiger partial charge >= 0.3 is 5.97 Å². The summed E-state index contributed by atoms with van der Waals surface area (Å²) >= 11 is 1.77. The molecule has 5 nitrogen and oxygen atoms in total. The molecule has 0 radical (unpaired) electrons. The third kappa shape index (κ3) is 3.80. The van der Waals surface area contributed by atoms with Gasteiger partial charge < -0.3 is 9.64 Å². The zero-order valence-electron chi connectivity index (χ0n) is 11.9. The van der Waals surface area contributed by atoms with Crippen LogP contribution >= 0.6 is 11.3 Å². The number of fused-ring (bicyclic) bond motifs is 1. The van der Waals surface area contributed by atoms with Crippen molar-refractivity contribution in [2.24, 2.45) is 0 Å². The van der Waals surface area contributed by atoms with Crippen LogP contribution in [0.2, 0.25) is 0 Å². The van der Waals surface area contributed by atoms with Crippen molar-refractivity contribution in [3.63, 3.8) is 0 Å². The zero-order chi connectivity index (χ0) is 14.5. The molecule has 0 bridgehead atoms. The minimum atomic E-state index is -0.245. The van der Waals surface area contributed by atoms with Gasteiger partial charge in [-0.1, -0.05) is 0 Å². The maximum Gasteiger partial charge on any atom is 0.306 e. The number of likely N-dealkylation sites (N-methyl/N-ethyl adjacent to an activating group) is 1. The number of amides is 1. The summed E-state index contributed by atoms with van der Waals surface area (Å²) < 4.78 is 4.59. The maximum atomic E-state index is 12.2. The van der Waals surface area contributed by atoms with Crippen molar-refractivity contribution in [2.45, 2.75) is 19.4 Å². The Balaban J connectivity index is 1.79. The van der Waals surface area contributed by atoms with Gasteiger partial charge in [0.1, 0.15) is 0 Å². The Hall–Kier alpha value is -1.40. The van der Waals surface area contributed by atoms with Crippen molar-refractivity contribution < 1.29 is 14.3 Å². The Morgan fingerprint density at radius 2 is 2.30 bits per heavy atom. The predicted molar refractivity (Wildman–Crippen MR) is 77.6 cm³/mol. The number of ether oxygens (including phenoxy) is 1. The van der Waals surface area contributed by atoms with Crippen molar-refractivity contribution >= 4 is 23.2 Å². The number of carbonyl (C=O) groups is 2. The molecule has 0 N–H and O–H groups in total. The molecule has 2 heterocycles. The molecule has 0 fully saturated rings. The molecular weight excluding hydrogens is 276 g/mol. The van der Waals surface area contributed by atoms with Crippen molar-refractivity contribution in [1.29, 1.82) is 0 Å². The van der Waals surface area contributed by atoms with E-state index >= 15 is 0 Å². The average Bonchev–Trinajstić information content (AvgIpc) is 2.91. The van der Waals surface area contributed by atoms with Crippen molar-refractivity contribution in [3.05, 3.63) is 21.9 Å². The van der Waals surface area contributed by atoms with E-state index in [9.17, 15) is 9.59 Å². The summed E-state index contributed by atoms with van der Waals surface area (Å²) in [6, 6.07) is 2.10. The third-order valence-corrected chi connectivity index (χ3v) is 4.51. The molecule has 0 spiro atoms. The summed E-state index contributed by atoms with van der Waals surface area (Å²) in [5.41, 5.74) is 1.27. The second kappa shape index (κ2) is 6.85. The fraction of sp³-hybridized carbons (Fsp3) is 0.571. The van der Waals surface area contributed by atoms with Gasteiger partial charge in [-0.25, -0.2) is 0 Å². The molecule has 1 aliphatic heterocycles. The summed E-state index contributed by atoms with van der Waals surface area (Å²) in [5, 5.41) is 2.08. The molecule has 1 aromatic heterocycles. The summed E-state index contributed by atoms with van der Waals surface area (Å²) in [7, 11) is 3.22. The van der Waals surface area contributed by atoms with E-state index < -0.39 is 0 Å². The van der Waals surface area contributed by atoms with Crippen molar-refractivity contribution in [2.75, 3.05) is 33.8 Å². The Morgan fingerprint density at radius 1 is 1.50 bits per heavy atom. The van der Waals surface area contributed by atoms with Crippen molar-refractivity contribution in [1.82, 2.24) is 9.80 Å². The van der Waals surface area contributed by atoms with E-state index in [0.29, 0.717) is 26.1 Å². The van der Waals surface area contributed by atoms with Crippen LogP contribution in [0, 0.1) is 0 Å². The van der Waals surface area contributed by atoms with Gasteiger partial charge in [-0.3, -0.25) is 14.5 Å². The molecule has 0 unspecified atom stereocenters. The Kier molecular flexibility index (Phi) is 5.14. The van der Waals surface area contributed by atoms with E-state index in [-0.39, 0.29) is 11.9 Å². The van der Waals surface area contributed by atoms with Gasteiger partial charge in [0.15, 0.2) is 0 Å². The van der Waals surface area contributed by atoms with Gasteiger partial charge in [-0.05, 0) is 30.5 Å². The van der Waals surface area contributed by atoms with Crippen LogP contribution in [0.5, 0.6) is 0 Å². The average molecular weight is 296 g/mol. The molecular formula is C14H20N2O3S. The smallest absolute Gasteiger partial charge is 0.306 e. The lowest BCUT2D eigenvalue weighted by Crippen LogP contribution is -2.41. The Bertz CT molecular complexity index is 487. The number of carbonyl (C=O) groups excluding carboxylic acids is 2. The quantitative estimate of drug-likeness (QED) is 0.764. The predicted octanol–water partition coefficient (Wildman–Crippen LogP) is 1.13. The lowest BCUT2D eigenvalue weighted by Gasteiger charge is -2.28. The van der Waals surface area contributed by atoms with Crippen LogP contribution in [0.4, 0.5) is 0 Å². The van der Waals surface area contributed by atoms with Gasteiger partial charge in [-0.2, -0.15) is 0 Å². The first-order valence-electron chi connectivity index (χ1n) is 6.68. The second-order valence-electron chi connectivity index (χ2n) is 5.00. The number of rotatable bonds is 5. The number of thiophene rings is 1. The van der Waals surface area contributed by atoms with Crippen LogP contribution < -0.4 is 0 Å². The highest BCUT2D eigenvalue weighted by Gasteiger charge is 2.22. The number of methoxy groups -OCH3 is 1. The van der Waals surface area contributed by atoms with Gasteiger partial charge in [0.25, 0.3) is 0 Å². The molecule has 0 saturated carbocycles. The molecule has 1 amide bonds. The van der Waals surface area contributed by atoms with E-state index in [1.807, 2.05) is 16.8 Å². The summed E-state index contributed by atoms with van der Waals surface area (Å²) in [6.45, 7) is 2.38. The molecule has 0 saturated heterocycles. The monoisotopic (exact) mass is 296 g/mol. The maximum absolute atomic E-state index is 12.2. The number of esters is 1. The normalized spacial score (nSPS) is 14.2. The lowest BCUT2D eigenvalue weighted by atomic mass is 10.1. The summed E-state index contributed by atoms with van der Waals surface area (Å²) in [5.74, 6) is -0.126. The van der Waals surface area contributed by atoms with Crippen LogP contribution in [0.1, 0.15) is 16.9 Å². The van der Waals surface area contributed by atoms with Crippen molar-refractivity contribution in [3.8, 4) is 0 Å². The van der Waals surface area contributed by atoms with Crippen LogP contribution in [0.25, 0.3) is 0 Å². The van der Waals surface area contributed by atoms with E-state index in [1.165, 1.54) is 17.6 Å². The Labute approximate surface area is 123 Å². The van der Waals surface area contributed by atoms with E-state index in [1.54, 1.807) is 11.3 Å². The molecule has 110 valence electrons. The fourth-order valence-corrected chi connectivity index (χ4v) is 3.15. The molecule has 20 heavy (non-hydrogen) atoms. The van der Waals surface area contributed by atoms with E-state index in [2.05, 4.69) is 16.2 Å². The van der Waals surface area contributed by atoms with Gasteiger partial charge in [0, 0.05) is 24.5 Å². The molecule has 1 aliphatic rings. The fourth-order valence-electron chi connectivity index (χ4n) is 2.26. The minimum absolute atomic E-state index is 0.120. The molecule has 1 aromatic rings. The van der Waals surface area contributed by atoms with Crippen LogP contribution in [0.15, 0.2) is 11.4 Å². The Morgan fingerprint density at radius 3 is 3.05 bits per heavy atom. The number of nitrogens with zero attached hydrogens (tertiary/aromatic N) is 2. The highest BCUT2D eigenvalue weighted by Crippen LogP contribution is 2.23. The zero-order valence-corrected chi connectivity index (χ0v) is 12.7. The number of hydrogen-bond acceptors (Lipinski definition) is 5. The molecule has 0 aliphatic carbocycles. The largest absolute Gasteiger partial charge is 0.469 e. The van der Waals surface area contributed by atoms with Crippen LogP contribution in [-0.2, 0) is 27.3 Å². The third-order valence-electron chi connectivity index (χ3n) is 3.49. The second-order valence-corrected chi connectivity index (χ2v) is 6.00. The van der Waals surface area contributed by atoms with E-state index in [4.69, 9.17) is 0 Å². The standard InChI is InChI=1S/C14H20N2O3S/c1-15(6-4-14(18)19-2)10-13(17)16-7-3-12-11(9-16)5-8-20-12/h5,8H,3-4,6-7,9-10H2,1-2H3. The topological polar surface area (TPSA) is 49.9 Å². The van der Waals surface area contributed by atoms with Gasteiger partial charge in [0.05, 0.1) is 20.1 Å². The first kappa shape index (κ1) is 15.0. The summed E-state index contributed by atoms with van der Waals surface area (Å²) in [4.78, 5) is 28.4. The molecule has 2 rings (SSSR count). The lowest BCUT2D eigenvalue weighted by molar-refractivity contribution is -0.141. The summed E-state index contributed by atoms with van der Waals surface area (Å²) in [6.07, 6.45) is 1.26. The molecule has 6 heteroatoms. The first-order valence-corrected chi connectivity index (χ1v) is 7.56. The number of hydrogen-bond donors (Lipinski definition) is 0. The highest BCUT2D eigenvalue weighted by atomic mass is 32.1. The minimum Gasteiger partial charge on any atom is -0.469 e. The van der Waals surface area contributed by atoms with Crippen LogP contribution in [0.3, 0.4) is 0 Å². The molecule has 0 atom stereocenters. The van der Waals surface area contributed by atoms with E-state index in [0.717, 1.165) is 13.0 Å². The van der Waals surface area contributed by atoms with Gasteiger partial charge in [-0.15, -0.1) is 11.3 Å². The SMILES string of the molecule is COC(=O)CCN(C)CC(=O)N1CCc2sccc2C1. The van der Waals surface area contributed by atoms with Gasteiger partial charge in [0.2, 0.25) is 5.91 Å².